The zero-order chi connectivity index (χ0) is 12.0. The Morgan fingerprint density at radius 3 is 2.47 bits per heavy atom. The summed E-state index contributed by atoms with van der Waals surface area (Å²) in [4.78, 5) is 11.4. The van der Waals surface area contributed by atoms with Crippen LogP contribution in [0.15, 0.2) is 22.7 Å². The van der Waals surface area contributed by atoms with Gasteiger partial charge >= 0.3 is 5.97 Å². The molecule has 0 atom stereocenters. The standard InChI is InChI=1S/C14H15BrO2/c15-12-8-10(4-5-11(12)9-2-3-9)14(13(16)17)6-1-7-14/h4-5,8-9H,1-3,6-7H2,(H,16,17). The van der Waals surface area contributed by atoms with Crippen LogP contribution in [0.4, 0.5) is 0 Å². The Morgan fingerprint density at radius 2 is 2.06 bits per heavy atom. The van der Waals surface area contributed by atoms with Crippen LogP contribution in [-0.4, -0.2) is 11.1 Å². The van der Waals surface area contributed by atoms with Crippen LogP contribution in [0.3, 0.4) is 0 Å². The molecule has 0 amide bonds. The smallest absolute Gasteiger partial charge is 0.314 e. The van der Waals surface area contributed by atoms with Crippen LogP contribution in [0.1, 0.15) is 49.1 Å². The number of hydrogen-bond acceptors (Lipinski definition) is 1. The number of hydrogen-bond donors (Lipinski definition) is 1. The number of halogens is 1. The van der Waals surface area contributed by atoms with Gasteiger partial charge in [0.25, 0.3) is 0 Å². The van der Waals surface area contributed by atoms with E-state index in [1.54, 1.807) is 0 Å². The van der Waals surface area contributed by atoms with Gasteiger partial charge in [-0.2, -0.15) is 0 Å². The molecule has 3 rings (SSSR count). The van der Waals surface area contributed by atoms with Crippen molar-refractivity contribution in [2.24, 2.45) is 0 Å². The Morgan fingerprint density at radius 1 is 1.35 bits per heavy atom. The highest BCUT2D eigenvalue weighted by atomic mass is 79.9. The molecule has 0 aromatic heterocycles. The van der Waals surface area contributed by atoms with Crippen molar-refractivity contribution in [2.45, 2.75) is 43.4 Å². The molecular formula is C14H15BrO2. The van der Waals surface area contributed by atoms with E-state index < -0.39 is 11.4 Å². The van der Waals surface area contributed by atoms with E-state index in [1.165, 1.54) is 18.4 Å². The van der Waals surface area contributed by atoms with Crippen LogP contribution in [0.5, 0.6) is 0 Å². The molecule has 1 aromatic carbocycles. The van der Waals surface area contributed by atoms with Crippen LogP contribution in [0, 0.1) is 0 Å². The molecule has 90 valence electrons. The Hall–Kier alpha value is -0.830. The lowest BCUT2D eigenvalue weighted by Crippen LogP contribution is -2.42. The van der Waals surface area contributed by atoms with E-state index in [0.717, 1.165) is 29.3 Å². The van der Waals surface area contributed by atoms with Crippen LogP contribution in [0.2, 0.25) is 0 Å². The molecule has 2 nitrogen and oxygen atoms in total. The van der Waals surface area contributed by atoms with E-state index in [0.29, 0.717) is 5.92 Å². The molecule has 0 saturated heterocycles. The van der Waals surface area contributed by atoms with Crippen molar-refractivity contribution in [3.63, 3.8) is 0 Å². The SMILES string of the molecule is O=C(O)C1(c2ccc(C3CC3)c(Br)c2)CCC1. The minimum absolute atomic E-state index is 0.607. The van der Waals surface area contributed by atoms with E-state index in [1.807, 2.05) is 12.1 Å². The van der Waals surface area contributed by atoms with Gasteiger partial charge in [0.1, 0.15) is 0 Å². The summed E-state index contributed by atoms with van der Waals surface area (Å²) >= 11 is 3.59. The normalized spacial score (nSPS) is 21.9. The Kier molecular flexibility index (Phi) is 2.54. The molecule has 2 saturated carbocycles. The maximum Gasteiger partial charge on any atom is 0.314 e. The summed E-state index contributed by atoms with van der Waals surface area (Å²) in [5.41, 5.74) is 1.70. The van der Waals surface area contributed by atoms with E-state index in [-0.39, 0.29) is 0 Å². The molecule has 0 bridgehead atoms. The second-order valence-electron chi connectivity index (χ2n) is 5.25. The molecule has 17 heavy (non-hydrogen) atoms. The van der Waals surface area contributed by atoms with E-state index in [9.17, 15) is 9.90 Å². The Labute approximate surface area is 109 Å². The molecule has 0 heterocycles. The lowest BCUT2D eigenvalue weighted by atomic mass is 9.64. The van der Waals surface area contributed by atoms with E-state index in [4.69, 9.17) is 0 Å². The van der Waals surface area contributed by atoms with Crippen molar-refractivity contribution < 1.29 is 9.90 Å². The van der Waals surface area contributed by atoms with Crippen LogP contribution in [-0.2, 0) is 10.2 Å². The fourth-order valence-electron chi connectivity index (χ4n) is 2.71. The lowest BCUT2D eigenvalue weighted by Gasteiger charge is -2.38. The maximum atomic E-state index is 11.4. The van der Waals surface area contributed by atoms with E-state index >= 15 is 0 Å². The second-order valence-corrected chi connectivity index (χ2v) is 6.11. The molecule has 0 radical (unpaired) electrons. The molecule has 3 heteroatoms. The van der Waals surface area contributed by atoms with Gasteiger partial charge in [0.15, 0.2) is 0 Å². The van der Waals surface area contributed by atoms with Crippen LogP contribution < -0.4 is 0 Å². The highest BCUT2D eigenvalue weighted by Crippen LogP contribution is 2.48. The first-order valence-electron chi connectivity index (χ1n) is 6.17. The van der Waals surface area contributed by atoms with Gasteiger partial charge in [0.2, 0.25) is 0 Å². The summed E-state index contributed by atoms with van der Waals surface area (Å²) in [5.74, 6) is 0.0235. The van der Waals surface area contributed by atoms with E-state index in [2.05, 4.69) is 22.0 Å². The number of aliphatic carboxylic acids is 1. The van der Waals surface area contributed by atoms with Crippen molar-refractivity contribution >= 4 is 21.9 Å². The van der Waals surface area contributed by atoms with Crippen LogP contribution >= 0.6 is 15.9 Å². The molecule has 2 aliphatic carbocycles. The van der Waals surface area contributed by atoms with Gasteiger partial charge in [0, 0.05) is 4.47 Å². The van der Waals surface area contributed by atoms with Gasteiger partial charge in [-0.25, -0.2) is 0 Å². The molecule has 0 unspecified atom stereocenters. The fourth-order valence-corrected chi connectivity index (χ4v) is 3.41. The minimum Gasteiger partial charge on any atom is -0.481 e. The van der Waals surface area contributed by atoms with Gasteiger partial charge in [0.05, 0.1) is 5.41 Å². The fraction of sp³-hybridized carbons (Fsp3) is 0.500. The molecule has 2 fully saturated rings. The molecule has 0 aliphatic heterocycles. The van der Waals surface area contributed by atoms with Crippen molar-refractivity contribution in [3.05, 3.63) is 33.8 Å². The highest BCUT2D eigenvalue weighted by Gasteiger charge is 2.46. The zero-order valence-electron chi connectivity index (χ0n) is 9.58. The summed E-state index contributed by atoms with van der Waals surface area (Å²) in [7, 11) is 0. The van der Waals surface area contributed by atoms with Gasteiger partial charge in [-0.15, -0.1) is 0 Å². The number of carbonyl (C=O) groups is 1. The second kappa shape index (κ2) is 3.84. The molecular weight excluding hydrogens is 280 g/mol. The number of carboxylic acid groups (broad SMARTS) is 1. The first-order chi connectivity index (χ1) is 8.13. The predicted molar refractivity (Wildman–Crippen MR) is 69.3 cm³/mol. The van der Waals surface area contributed by atoms with Gasteiger partial charge in [-0.3, -0.25) is 4.79 Å². The summed E-state index contributed by atoms with van der Waals surface area (Å²) in [6, 6.07) is 6.16. The maximum absolute atomic E-state index is 11.4. The van der Waals surface area contributed by atoms with Crippen molar-refractivity contribution in [2.75, 3.05) is 0 Å². The molecule has 1 aromatic rings. The largest absolute Gasteiger partial charge is 0.481 e. The number of carboxylic acids is 1. The number of rotatable bonds is 3. The first-order valence-corrected chi connectivity index (χ1v) is 6.96. The monoisotopic (exact) mass is 294 g/mol. The quantitative estimate of drug-likeness (QED) is 0.920. The predicted octanol–water partition coefficient (Wildman–Crippen LogP) is 3.83. The average Bonchev–Trinajstić information content (AvgIpc) is 2.98. The van der Waals surface area contributed by atoms with Crippen molar-refractivity contribution in [3.8, 4) is 0 Å². The molecule has 1 N–H and O–H groups in total. The topological polar surface area (TPSA) is 37.3 Å². The summed E-state index contributed by atoms with van der Waals surface area (Å²) in [6.45, 7) is 0. The van der Waals surface area contributed by atoms with Gasteiger partial charge in [-0.1, -0.05) is 34.5 Å². The summed E-state index contributed by atoms with van der Waals surface area (Å²) in [6.07, 6.45) is 5.10. The molecule has 2 aliphatic rings. The third-order valence-electron chi connectivity index (χ3n) is 4.19. The highest BCUT2D eigenvalue weighted by molar-refractivity contribution is 9.10. The van der Waals surface area contributed by atoms with Crippen molar-refractivity contribution in [1.29, 1.82) is 0 Å². The average molecular weight is 295 g/mol. The summed E-state index contributed by atoms with van der Waals surface area (Å²) in [5, 5.41) is 9.40. The van der Waals surface area contributed by atoms with Crippen molar-refractivity contribution in [1.82, 2.24) is 0 Å². The van der Waals surface area contributed by atoms with Gasteiger partial charge < -0.3 is 5.11 Å². The third kappa shape index (κ3) is 1.71. The van der Waals surface area contributed by atoms with Gasteiger partial charge in [-0.05, 0) is 48.8 Å². The number of benzene rings is 1. The van der Waals surface area contributed by atoms with Crippen LogP contribution in [0.25, 0.3) is 0 Å². The third-order valence-corrected chi connectivity index (χ3v) is 4.87. The Bertz CT molecular complexity index is 473. The first kappa shape index (κ1) is 11.3. The Balaban J connectivity index is 1.98. The minimum atomic E-state index is -0.671. The summed E-state index contributed by atoms with van der Waals surface area (Å²) < 4.78 is 1.09. The molecule has 0 spiro atoms. The zero-order valence-corrected chi connectivity index (χ0v) is 11.2. The lowest BCUT2D eigenvalue weighted by molar-refractivity contribution is -0.147.